The van der Waals surface area contributed by atoms with E-state index in [1.54, 1.807) is 43.3 Å². The van der Waals surface area contributed by atoms with Gasteiger partial charge in [-0.2, -0.15) is 0 Å². The minimum atomic E-state index is -1.77. The molecular weight excluding hydrogens is 335 g/mol. The highest BCUT2D eigenvalue weighted by molar-refractivity contribution is 6.68. The molecule has 0 unspecified atom stereocenters. The summed E-state index contributed by atoms with van der Waals surface area (Å²) >= 11 is 17.8. The number of para-hydroxylation sites is 1. The number of alkyl halides is 3. The number of Topliss-reactive ketones (excluding diaryl/α,β-unsaturated/α-hetero) is 1. The van der Waals surface area contributed by atoms with Crippen LogP contribution in [0.25, 0.3) is 0 Å². The number of ketones is 1. The number of carbonyl (C=O) groups excluding carboxylic acids is 2. The van der Waals surface area contributed by atoms with Crippen molar-refractivity contribution in [2.75, 3.05) is 19.4 Å². The van der Waals surface area contributed by atoms with E-state index in [9.17, 15) is 9.59 Å². The minimum absolute atomic E-state index is 0.367. The zero-order chi connectivity index (χ0) is 16.2. The van der Waals surface area contributed by atoms with Crippen LogP contribution in [0.1, 0.15) is 6.92 Å². The van der Waals surface area contributed by atoms with Gasteiger partial charge in [0.05, 0.1) is 6.04 Å². The second kappa shape index (κ2) is 7.45. The van der Waals surface area contributed by atoms with Crippen LogP contribution in [0.2, 0.25) is 0 Å². The molecule has 0 heterocycles. The van der Waals surface area contributed by atoms with E-state index in [4.69, 9.17) is 34.8 Å². The zero-order valence-corrected chi connectivity index (χ0v) is 14.2. The molecule has 0 fully saturated rings. The van der Waals surface area contributed by atoms with Crippen LogP contribution in [0, 0.1) is 5.92 Å². The lowest BCUT2D eigenvalue weighted by atomic mass is 9.94. The third-order valence-electron chi connectivity index (χ3n) is 2.97. The van der Waals surface area contributed by atoms with Crippen LogP contribution in [0.15, 0.2) is 30.3 Å². The number of carbonyl (C=O) groups is 2. The van der Waals surface area contributed by atoms with Gasteiger partial charge in [0.25, 0.3) is 0 Å². The zero-order valence-electron chi connectivity index (χ0n) is 11.9. The van der Waals surface area contributed by atoms with Crippen LogP contribution < -0.4 is 5.32 Å². The Morgan fingerprint density at radius 1 is 1.14 bits per heavy atom. The molecule has 0 aliphatic rings. The summed E-state index contributed by atoms with van der Waals surface area (Å²) in [6.07, 6.45) is 0. The molecule has 4 nitrogen and oxygen atoms in total. The first-order valence-corrected chi connectivity index (χ1v) is 7.37. The van der Waals surface area contributed by atoms with Crippen molar-refractivity contribution in [3.63, 3.8) is 0 Å². The summed E-state index contributed by atoms with van der Waals surface area (Å²) < 4.78 is -1.77. The number of nitrogens with zero attached hydrogens (tertiary/aromatic N) is 1. The molecule has 0 saturated heterocycles. The molecule has 0 aliphatic heterocycles. The van der Waals surface area contributed by atoms with Crippen LogP contribution in [-0.2, 0) is 9.59 Å². The van der Waals surface area contributed by atoms with Crippen molar-refractivity contribution >= 4 is 52.2 Å². The van der Waals surface area contributed by atoms with Gasteiger partial charge in [-0.3, -0.25) is 9.59 Å². The number of rotatable bonds is 5. The van der Waals surface area contributed by atoms with Crippen molar-refractivity contribution in [1.29, 1.82) is 0 Å². The van der Waals surface area contributed by atoms with Gasteiger partial charge in [0, 0.05) is 5.69 Å². The third-order valence-corrected chi connectivity index (χ3v) is 3.64. The predicted octanol–water partition coefficient (Wildman–Crippen LogP) is 3.13. The van der Waals surface area contributed by atoms with Gasteiger partial charge in [0.2, 0.25) is 9.70 Å². The van der Waals surface area contributed by atoms with Gasteiger partial charge in [-0.1, -0.05) is 53.0 Å². The predicted molar refractivity (Wildman–Crippen MR) is 87.0 cm³/mol. The summed E-state index contributed by atoms with van der Waals surface area (Å²) in [5, 5.41) is 2.67. The summed E-state index contributed by atoms with van der Waals surface area (Å²) in [5.41, 5.74) is 0.579. The van der Waals surface area contributed by atoms with E-state index >= 15 is 0 Å². The molecule has 116 valence electrons. The van der Waals surface area contributed by atoms with Crippen LogP contribution >= 0.6 is 34.8 Å². The standard InChI is InChI=1S/C14H17Cl3N2O2/c1-9(20)11(12(19(2)3)14(15,16)17)13(21)18-10-7-5-4-6-8-10/h4-8,11-12H,1-3H3,(H,18,21)/t11-,12-/m1/s1. The van der Waals surface area contributed by atoms with E-state index in [1.165, 1.54) is 6.92 Å². The van der Waals surface area contributed by atoms with Crippen LogP contribution in [0.3, 0.4) is 0 Å². The summed E-state index contributed by atoms with van der Waals surface area (Å²) in [5.74, 6) is -1.96. The first-order chi connectivity index (χ1) is 9.64. The second-order valence-corrected chi connectivity index (χ2v) is 7.26. The summed E-state index contributed by atoms with van der Waals surface area (Å²) in [6, 6.07) is 7.93. The average Bonchev–Trinajstić information content (AvgIpc) is 2.34. The Balaban J connectivity index is 3.05. The highest BCUT2D eigenvalue weighted by Crippen LogP contribution is 2.37. The molecule has 0 radical (unpaired) electrons. The van der Waals surface area contributed by atoms with E-state index in [2.05, 4.69) is 5.32 Å². The molecule has 21 heavy (non-hydrogen) atoms. The molecule has 1 aromatic carbocycles. The lowest BCUT2D eigenvalue weighted by Crippen LogP contribution is -2.52. The number of benzene rings is 1. The van der Waals surface area contributed by atoms with Crippen LogP contribution in [-0.4, -0.2) is 40.5 Å². The normalized spacial score (nSPS) is 14.6. The molecular formula is C14H17Cl3N2O2. The van der Waals surface area contributed by atoms with Crippen molar-refractivity contribution in [3.8, 4) is 0 Å². The Labute approximate surface area is 139 Å². The third kappa shape index (κ3) is 5.15. The van der Waals surface area contributed by atoms with E-state index in [-0.39, 0.29) is 5.78 Å². The average molecular weight is 352 g/mol. The van der Waals surface area contributed by atoms with Crippen molar-refractivity contribution in [1.82, 2.24) is 4.90 Å². The van der Waals surface area contributed by atoms with Crippen molar-refractivity contribution in [3.05, 3.63) is 30.3 Å². The van der Waals surface area contributed by atoms with E-state index in [1.807, 2.05) is 6.07 Å². The number of hydrogen-bond acceptors (Lipinski definition) is 3. The van der Waals surface area contributed by atoms with Gasteiger partial charge in [-0.05, 0) is 33.2 Å². The number of halogens is 3. The maximum Gasteiger partial charge on any atom is 0.236 e. The van der Waals surface area contributed by atoms with E-state index < -0.39 is 21.7 Å². The first kappa shape index (κ1) is 18.2. The molecule has 1 rings (SSSR count). The molecule has 0 aliphatic carbocycles. The smallest absolute Gasteiger partial charge is 0.236 e. The Morgan fingerprint density at radius 3 is 2.05 bits per heavy atom. The molecule has 0 aromatic heterocycles. The largest absolute Gasteiger partial charge is 0.325 e. The topological polar surface area (TPSA) is 49.4 Å². The highest BCUT2D eigenvalue weighted by Gasteiger charge is 2.45. The van der Waals surface area contributed by atoms with Gasteiger partial charge in [0.15, 0.2) is 0 Å². The molecule has 0 spiro atoms. The molecule has 2 atom stereocenters. The maximum atomic E-state index is 12.4. The quantitative estimate of drug-likeness (QED) is 0.655. The fraction of sp³-hybridized carbons (Fsp3) is 0.429. The number of nitrogens with one attached hydrogen (secondary N) is 1. The molecule has 1 amide bonds. The summed E-state index contributed by atoms with van der Waals surface area (Å²) in [7, 11) is 3.30. The Morgan fingerprint density at radius 2 is 1.67 bits per heavy atom. The van der Waals surface area contributed by atoms with Crippen molar-refractivity contribution in [2.24, 2.45) is 5.92 Å². The van der Waals surface area contributed by atoms with Gasteiger partial charge in [0.1, 0.15) is 11.7 Å². The fourth-order valence-electron chi connectivity index (χ4n) is 2.07. The van der Waals surface area contributed by atoms with Crippen molar-refractivity contribution < 1.29 is 9.59 Å². The van der Waals surface area contributed by atoms with Crippen molar-refractivity contribution in [2.45, 2.75) is 16.8 Å². The monoisotopic (exact) mass is 350 g/mol. The molecule has 0 saturated carbocycles. The maximum absolute atomic E-state index is 12.4. The SMILES string of the molecule is CC(=O)[C@@H](C(=O)Nc1ccccc1)[C@@H](N(C)C)C(Cl)(Cl)Cl. The van der Waals surface area contributed by atoms with E-state index in [0.717, 1.165) is 0 Å². The number of anilines is 1. The molecule has 7 heteroatoms. The summed E-state index contributed by atoms with van der Waals surface area (Å²) in [6.45, 7) is 1.31. The van der Waals surface area contributed by atoms with Gasteiger partial charge in [-0.25, -0.2) is 0 Å². The Kier molecular flexibility index (Phi) is 6.47. The lowest BCUT2D eigenvalue weighted by Gasteiger charge is -2.35. The van der Waals surface area contributed by atoms with Gasteiger partial charge < -0.3 is 10.2 Å². The molecule has 0 bridgehead atoms. The Hall–Kier alpha value is -0.810. The molecule has 1 N–H and O–H groups in total. The van der Waals surface area contributed by atoms with Crippen LogP contribution in [0.4, 0.5) is 5.69 Å². The first-order valence-electron chi connectivity index (χ1n) is 6.24. The second-order valence-electron chi connectivity index (χ2n) is 4.89. The minimum Gasteiger partial charge on any atom is -0.325 e. The highest BCUT2D eigenvalue weighted by atomic mass is 35.6. The van der Waals surface area contributed by atoms with Gasteiger partial charge >= 0.3 is 0 Å². The summed E-state index contributed by atoms with van der Waals surface area (Å²) in [4.78, 5) is 25.9. The fourth-order valence-corrected chi connectivity index (χ4v) is 3.04. The number of amides is 1. The number of hydrogen-bond donors (Lipinski definition) is 1. The Bertz CT molecular complexity index is 501. The van der Waals surface area contributed by atoms with Crippen LogP contribution in [0.5, 0.6) is 0 Å². The lowest BCUT2D eigenvalue weighted by molar-refractivity contribution is -0.132. The van der Waals surface area contributed by atoms with Gasteiger partial charge in [-0.15, -0.1) is 0 Å². The van der Waals surface area contributed by atoms with E-state index in [0.29, 0.717) is 5.69 Å². The molecule has 1 aromatic rings.